The Kier molecular flexibility index (Phi) is 37.3. The molecule has 0 amide bonds. The molecule has 6 aliphatic rings. The second kappa shape index (κ2) is 43.5. The smallest absolute Gasteiger partial charge is 0.306 e. The van der Waals surface area contributed by atoms with Crippen LogP contribution in [0.25, 0.3) is 0 Å². The molecule has 25 heteroatoms. The molecule has 6 rings (SSSR count). The fraction of sp³-hybridized carbons (Fsp3) is 0.957. The lowest BCUT2D eigenvalue weighted by molar-refractivity contribution is -0.400. The molecule has 0 aromatic carbocycles. The summed E-state index contributed by atoms with van der Waals surface area (Å²) in [4.78, 5) is 41.8. The van der Waals surface area contributed by atoms with E-state index in [0.29, 0.717) is 38.5 Å². The average molecular weight is 1370 g/mol. The summed E-state index contributed by atoms with van der Waals surface area (Å²) in [5.74, 6) is -2.06. The summed E-state index contributed by atoms with van der Waals surface area (Å²) in [5.41, 5.74) is 0. The summed E-state index contributed by atoms with van der Waals surface area (Å²) < 4.78 is 82.8. The van der Waals surface area contributed by atoms with Crippen LogP contribution in [0.4, 0.5) is 0 Å². The number of hydrogen-bond acceptors (Lipinski definition) is 25. The number of unbranched alkanes of at least 4 members (excludes halogenated alkanes) is 18. The minimum atomic E-state index is -2.02. The highest BCUT2D eigenvalue weighted by Gasteiger charge is 2.59. The van der Waals surface area contributed by atoms with Gasteiger partial charge in [-0.3, -0.25) is 14.4 Å². The van der Waals surface area contributed by atoms with Gasteiger partial charge in [0, 0.05) is 19.3 Å². The van der Waals surface area contributed by atoms with E-state index in [1.54, 1.807) is 13.8 Å². The average Bonchev–Trinajstić information content (AvgIpc) is 0.781. The highest BCUT2D eigenvalue weighted by Crippen LogP contribution is 2.40. The van der Waals surface area contributed by atoms with Crippen molar-refractivity contribution in [1.82, 2.24) is 0 Å². The summed E-state index contributed by atoms with van der Waals surface area (Å²) in [6.07, 6.45) is -12.1. The van der Waals surface area contributed by atoms with Crippen molar-refractivity contribution in [1.29, 1.82) is 0 Å². The quantitative estimate of drug-likeness (QED) is 0.0178. The Labute approximate surface area is 564 Å². The summed E-state index contributed by atoms with van der Waals surface area (Å²) in [7, 11) is 0. The third kappa shape index (κ3) is 25.3. The molecule has 0 aliphatic carbocycles. The number of carbonyl (C=O) groups is 3. The van der Waals surface area contributed by atoms with Gasteiger partial charge in [0.15, 0.2) is 49.8 Å². The fourth-order valence-corrected chi connectivity index (χ4v) is 13.7. The molecule has 9 N–H and O–H groups in total. The van der Waals surface area contributed by atoms with Gasteiger partial charge >= 0.3 is 17.9 Å². The van der Waals surface area contributed by atoms with Crippen LogP contribution < -0.4 is 0 Å². The second-order valence-electron chi connectivity index (χ2n) is 27.7. The highest BCUT2D eigenvalue weighted by molar-refractivity contribution is 5.70. The molecule has 6 heterocycles. The van der Waals surface area contributed by atoms with Gasteiger partial charge in [-0.1, -0.05) is 181 Å². The van der Waals surface area contributed by atoms with Crippen molar-refractivity contribution in [2.75, 3.05) is 6.61 Å². The van der Waals surface area contributed by atoms with Crippen LogP contribution >= 0.6 is 0 Å². The largest absolute Gasteiger partial charge is 0.457 e. The van der Waals surface area contributed by atoms with Crippen LogP contribution in [0.3, 0.4) is 0 Å². The molecule has 0 unspecified atom stereocenters. The molecule has 0 aromatic rings. The highest BCUT2D eigenvalue weighted by atomic mass is 16.8. The Morgan fingerprint density at radius 2 is 0.874 bits per heavy atom. The van der Waals surface area contributed by atoms with Crippen LogP contribution in [-0.2, 0) is 76.0 Å². The molecule has 25 nitrogen and oxygen atoms in total. The minimum Gasteiger partial charge on any atom is -0.457 e. The van der Waals surface area contributed by atoms with Crippen molar-refractivity contribution in [3.8, 4) is 0 Å². The van der Waals surface area contributed by atoms with Crippen LogP contribution in [0.1, 0.15) is 260 Å². The van der Waals surface area contributed by atoms with Crippen molar-refractivity contribution >= 4 is 17.9 Å². The zero-order valence-electron chi connectivity index (χ0n) is 58.1. The Morgan fingerprint density at radius 1 is 0.400 bits per heavy atom. The first-order valence-electron chi connectivity index (χ1n) is 36.9. The summed E-state index contributed by atoms with van der Waals surface area (Å²) in [6, 6.07) is 0. The van der Waals surface area contributed by atoms with Crippen LogP contribution in [0.2, 0.25) is 0 Å². The number of ether oxygens (including phenoxy) is 13. The zero-order valence-corrected chi connectivity index (χ0v) is 58.1. The SMILES string of the molecule is CCCCCCCCCCCC(=O)O[C@@H]1[C@@H](O)[C@@H](O)[C@H](O[C@@H]2[C@@H](O[C@@H]3O[C@H](CO)[C@@H](O)[C@H](O)[C@H]3O)[C@@H](OC(=O)CCCCCCCCCCC)[C@H](O[C@@H]3[C@H]4OC(=O)CCCCCCCCC[C@H](CCCCC)O[C@@H]5O[C@H](C)[C@H](O)[C@H](O)[C@H]5O[C@H](O[C@H]3C)[C@@H]4O)O[C@H]2C)O[C@H]1C. The lowest BCUT2D eigenvalue weighted by atomic mass is 9.95. The first-order chi connectivity index (χ1) is 45.7. The lowest BCUT2D eigenvalue weighted by Gasteiger charge is -2.51. The molecule has 0 spiro atoms. The van der Waals surface area contributed by atoms with E-state index < -0.39 is 178 Å². The Morgan fingerprint density at radius 3 is 1.47 bits per heavy atom. The topological polar surface area (TPSA) is 353 Å². The minimum absolute atomic E-state index is 0.0413. The Bertz CT molecular complexity index is 2110. The van der Waals surface area contributed by atoms with E-state index in [0.717, 1.165) is 128 Å². The van der Waals surface area contributed by atoms with Gasteiger partial charge in [-0.05, 0) is 59.8 Å². The van der Waals surface area contributed by atoms with E-state index in [-0.39, 0.29) is 25.4 Å². The maximum absolute atomic E-state index is 14.5. The van der Waals surface area contributed by atoms with Crippen molar-refractivity contribution in [3.05, 3.63) is 0 Å². The van der Waals surface area contributed by atoms with E-state index in [2.05, 4.69) is 20.8 Å². The van der Waals surface area contributed by atoms with Gasteiger partial charge in [0.2, 0.25) is 0 Å². The Balaban J connectivity index is 1.32. The summed E-state index contributed by atoms with van der Waals surface area (Å²) in [5, 5.41) is 103. The van der Waals surface area contributed by atoms with E-state index >= 15 is 0 Å². The molecule has 554 valence electrons. The maximum atomic E-state index is 14.5. The number of fused-ring (bicyclic) bond motifs is 3. The van der Waals surface area contributed by atoms with E-state index in [9.17, 15) is 60.3 Å². The van der Waals surface area contributed by atoms with E-state index in [1.807, 2.05) is 0 Å². The van der Waals surface area contributed by atoms with Crippen LogP contribution in [-0.4, -0.2) is 230 Å². The van der Waals surface area contributed by atoms with Gasteiger partial charge in [0.25, 0.3) is 0 Å². The van der Waals surface area contributed by atoms with Crippen molar-refractivity contribution < 1.29 is 122 Å². The first kappa shape index (κ1) is 81.6. The van der Waals surface area contributed by atoms with Crippen molar-refractivity contribution in [3.63, 3.8) is 0 Å². The predicted octanol–water partition coefficient (Wildman–Crippen LogP) is 7.18. The number of esters is 3. The molecular formula is C70H124O25. The maximum Gasteiger partial charge on any atom is 0.306 e. The molecule has 0 aromatic heterocycles. The predicted molar refractivity (Wildman–Crippen MR) is 345 cm³/mol. The van der Waals surface area contributed by atoms with Gasteiger partial charge in [-0.15, -0.1) is 0 Å². The zero-order chi connectivity index (χ0) is 69.0. The van der Waals surface area contributed by atoms with Crippen molar-refractivity contribution in [2.24, 2.45) is 0 Å². The number of hydrogen-bond donors (Lipinski definition) is 9. The van der Waals surface area contributed by atoms with Gasteiger partial charge in [-0.25, -0.2) is 0 Å². The monoisotopic (exact) mass is 1360 g/mol. The number of rotatable bonds is 33. The van der Waals surface area contributed by atoms with Gasteiger partial charge in [0.05, 0.1) is 37.1 Å². The molecule has 26 atom stereocenters. The summed E-state index contributed by atoms with van der Waals surface area (Å²) in [6.45, 7) is 11.8. The van der Waals surface area contributed by atoms with Crippen LogP contribution in [0.5, 0.6) is 0 Å². The first-order valence-corrected chi connectivity index (χ1v) is 36.9. The normalized spacial score (nSPS) is 38.8. The number of aliphatic hydroxyl groups excluding tert-OH is 9. The van der Waals surface area contributed by atoms with Gasteiger partial charge < -0.3 is 108 Å². The molecule has 6 fully saturated rings. The third-order valence-corrected chi connectivity index (χ3v) is 19.7. The fourth-order valence-electron chi connectivity index (χ4n) is 13.7. The molecule has 0 saturated carbocycles. The molecule has 2 bridgehead atoms. The van der Waals surface area contributed by atoms with Gasteiger partial charge in [0.1, 0.15) is 79.4 Å². The van der Waals surface area contributed by atoms with Gasteiger partial charge in [-0.2, -0.15) is 0 Å². The third-order valence-electron chi connectivity index (χ3n) is 19.7. The van der Waals surface area contributed by atoms with Crippen LogP contribution in [0, 0.1) is 0 Å². The lowest BCUT2D eigenvalue weighted by Crippen LogP contribution is -2.68. The number of carbonyl (C=O) groups excluding carboxylic acids is 3. The summed E-state index contributed by atoms with van der Waals surface area (Å²) >= 11 is 0. The van der Waals surface area contributed by atoms with Crippen molar-refractivity contribution in [2.45, 2.75) is 420 Å². The van der Waals surface area contributed by atoms with Crippen LogP contribution in [0.15, 0.2) is 0 Å². The molecule has 95 heavy (non-hydrogen) atoms. The molecule has 6 saturated heterocycles. The number of aliphatic hydroxyl groups is 9. The Hall–Kier alpha value is -2.35. The van der Waals surface area contributed by atoms with E-state index in [1.165, 1.54) is 39.5 Å². The molecule has 0 radical (unpaired) electrons. The molecule has 6 aliphatic heterocycles. The second-order valence-corrected chi connectivity index (χ2v) is 27.7. The standard InChI is InChI=1S/C70H124O25/c1-8-11-14-16-18-20-24-28-33-38-48(72)89-59-43(5)84-66(57(81)55(59)79)92-61-45(7)86-70(65(91-50(74)40-35-29-25-21-19-17-15-12-9-2)64(61)95-67-56(80)53(77)52(76)47(41-71)88-67)93-60-44(6)85-68-58(82)62(60)90-49(73)39-34-30-26-22-23-27-32-37-46(36-31-13-10-3)87-69-63(94-68)54(78)51(75)42(4)83-69/h42-47,51-71,75-82H,8-41H2,1-7H3/t42-,43+,44+,45+,46+,47-,51+,52-,53+,54+,55+,56-,57-,58-,59+,60+,61+,62+,63-,64-,65-,66+,67+,68+,69+,70+/m1/s1. The molecular weight excluding hydrogens is 1240 g/mol. The van der Waals surface area contributed by atoms with E-state index in [4.69, 9.17) is 61.6 Å².